The minimum absolute atomic E-state index is 0.187. The van der Waals surface area contributed by atoms with Crippen molar-refractivity contribution in [1.29, 1.82) is 0 Å². The van der Waals surface area contributed by atoms with E-state index in [0.717, 1.165) is 51.2 Å². The predicted octanol–water partition coefficient (Wildman–Crippen LogP) is 8.65. The van der Waals surface area contributed by atoms with Crippen molar-refractivity contribution in [2.75, 3.05) is 20.2 Å². The number of rotatable bonds is 27. The lowest BCUT2D eigenvalue weighted by Crippen LogP contribution is -2.56. The minimum atomic E-state index is -1.44. The molecule has 2 aromatic rings. The molecule has 60 heavy (non-hydrogen) atoms. The normalized spacial score (nSPS) is 13.0. The zero-order valence-corrected chi connectivity index (χ0v) is 36.4. The Hall–Kier alpha value is -5.68. The number of hydrogen-bond acceptors (Lipinski definition) is 8. The molecule has 2 rings (SSSR count). The van der Waals surface area contributed by atoms with Gasteiger partial charge in [0.25, 0.3) is 11.8 Å². The first-order valence-corrected chi connectivity index (χ1v) is 20.8. The SMILES string of the molecule is CCC=CCC=CCC=CCC=CCC=CCC=CCCC(=O)NCC(=O)OC(C)C(NC(=O)C(C)(C)Oc1ccc(CCNC(=O)c2ccc(Cl)cc2)cc1)C(=O)OC. The van der Waals surface area contributed by atoms with E-state index in [-0.39, 0.29) is 18.2 Å². The van der Waals surface area contributed by atoms with Gasteiger partial charge in [-0.2, -0.15) is 0 Å². The first kappa shape index (κ1) is 50.5. The molecule has 0 heterocycles. The number of benzene rings is 2. The fourth-order valence-corrected chi connectivity index (χ4v) is 5.45. The Bertz CT molecular complexity index is 1810. The molecule has 0 aliphatic rings. The van der Waals surface area contributed by atoms with E-state index in [1.807, 2.05) is 24.3 Å². The Morgan fingerprint density at radius 3 is 1.80 bits per heavy atom. The highest BCUT2D eigenvalue weighted by Crippen LogP contribution is 2.20. The maximum atomic E-state index is 13.3. The molecule has 0 fully saturated rings. The number of carbonyl (C=O) groups is 5. The molecule has 11 nitrogen and oxygen atoms in total. The van der Waals surface area contributed by atoms with E-state index in [9.17, 15) is 24.0 Å². The van der Waals surface area contributed by atoms with Crippen LogP contribution in [0.5, 0.6) is 5.75 Å². The Labute approximate surface area is 361 Å². The van der Waals surface area contributed by atoms with E-state index < -0.39 is 42.1 Å². The average Bonchev–Trinajstić information content (AvgIpc) is 3.23. The van der Waals surface area contributed by atoms with Crippen LogP contribution in [0.25, 0.3) is 0 Å². The van der Waals surface area contributed by atoms with Gasteiger partial charge in [0.15, 0.2) is 11.6 Å². The van der Waals surface area contributed by atoms with Gasteiger partial charge in [0.2, 0.25) is 5.91 Å². The van der Waals surface area contributed by atoms with Crippen molar-refractivity contribution in [3.63, 3.8) is 0 Å². The first-order chi connectivity index (χ1) is 28.9. The number of ether oxygens (including phenoxy) is 3. The summed E-state index contributed by atoms with van der Waals surface area (Å²) in [5.41, 5.74) is 0.00286. The summed E-state index contributed by atoms with van der Waals surface area (Å²) in [6.45, 7) is 6.63. The topological polar surface area (TPSA) is 149 Å². The van der Waals surface area contributed by atoms with Gasteiger partial charge in [-0.3, -0.25) is 19.2 Å². The highest BCUT2D eigenvalue weighted by Gasteiger charge is 2.37. The number of amides is 3. The highest BCUT2D eigenvalue weighted by atomic mass is 35.5. The summed E-state index contributed by atoms with van der Waals surface area (Å²) in [5.74, 6) is -2.40. The number of methoxy groups -OCH3 is 1. The van der Waals surface area contributed by atoms with E-state index >= 15 is 0 Å². The molecule has 12 heteroatoms. The molecule has 0 bridgehead atoms. The quantitative estimate of drug-likeness (QED) is 0.0598. The molecule has 0 saturated heterocycles. The summed E-state index contributed by atoms with van der Waals surface area (Å²) in [6, 6.07) is 12.3. The van der Waals surface area contributed by atoms with Crippen LogP contribution in [0.4, 0.5) is 0 Å². The van der Waals surface area contributed by atoms with Crippen LogP contribution in [0.3, 0.4) is 0 Å². The van der Waals surface area contributed by atoms with E-state index in [1.165, 1.54) is 20.8 Å². The van der Waals surface area contributed by atoms with Crippen LogP contribution < -0.4 is 20.7 Å². The van der Waals surface area contributed by atoms with Crippen molar-refractivity contribution in [1.82, 2.24) is 16.0 Å². The van der Waals surface area contributed by atoms with Gasteiger partial charge in [-0.1, -0.05) is 104 Å². The van der Waals surface area contributed by atoms with E-state index in [2.05, 4.69) is 83.6 Å². The molecular formula is C48H62ClN3O8. The van der Waals surface area contributed by atoms with Gasteiger partial charge in [-0.05, 0) is 114 Å². The van der Waals surface area contributed by atoms with Gasteiger partial charge in [0.1, 0.15) is 18.4 Å². The summed E-state index contributed by atoms with van der Waals surface area (Å²) in [7, 11) is 1.15. The van der Waals surface area contributed by atoms with Gasteiger partial charge in [0, 0.05) is 23.6 Å². The van der Waals surface area contributed by atoms with Gasteiger partial charge < -0.3 is 30.2 Å². The first-order valence-electron chi connectivity index (χ1n) is 20.4. The van der Waals surface area contributed by atoms with E-state index in [1.54, 1.807) is 36.4 Å². The molecule has 2 aromatic carbocycles. The second kappa shape index (κ2) is 29.5. The molecule has 0 radical (unpaired) electrons. The molecule has 2 atom stereocenters. The van der Waals surface area contributed by atoms with Crippen molar-refractivity contribution in [3.05, 3.63) is 138 Å². The lowest BCUT2D eigenvalue weighted by molar-refractivity contribution is -0.159. The van der Waals surface area contributed by atoms with Gasteiger partial charge in [0.05, 0.1) is 7.11 Å². The number of nitrogens with one attached hydrogen (secondary N) is 3. The van der Waals surface area contributed by atoms with Gasteiger partial charge in [-0.15, -0.1) is 0 Å². The van der Waals surface area contributed by atoms with Crippen molar-refractivity contribution >= 4 is 41.3 Å². The third-order valence-corrected chi connectivity index (χ3v) is 8.99. The molecule has 0 aromatic heterocycles. The summed E-state index contributed by atoms with van der Waals surface area (Å²) in [6.07, 6.45) is 31.1. The summed E-state index contributed by atoms with van der Waals surface area (Å²) >= 11 is 5.89. The standard InChI is InChI=1S/C48H62ClN3O8/c1-6-7-8-9-10-11-12-13-14-15-16-17-18-19-20-21-22-23-24-25-42(53)51-36-43(54)59-37(2)44(46(56)58-5)52-47(57)48(3,4)60-41-32-26-38(27-33-41)34-35-50-45(55)39-28-30-40(49)31-29-39/h7-8,10-11,13-14,16-17,19-20,22-23,26-33,37,44H,6,9,12,15,18,21,24-25,34-36H2,1-5H3,(H,50,55)(H,51,53)(H,52,57). The van der Waals surface area contributed by atoms with Crippen molar-refractivity contribution in [3.8, 4) is 5.75 Å². The van der Waals surface area contributed by atoms with Crippen LogP contribution in [0.15, 0.2) is 121 Å². The second-order valence-electron chi connectivity index (χ2n) is 14.2. The average molecular weight is 844 g/mol. The van der Waals surface area contributed by atoms with Crippen LogP contribution in [-0.2, 0) is 35.1 Å². The third-order valence-electron chi connectivity index (χ3n) is 8.74. The lowest BCUT2D eigenvalue weighted by atomic mass is 10.1. The van der Waals surface area contributed by atoms with Crippen molar-refractivity contribution < 1.29 is 38.2 Å². The smallest absolute Gasteiger partial charge is 0.332 e. The van der Waals surface area contributed by atoms with Gasteiger partial charge in [-0.25, -0.2) is 4.79 Å². The Balaban J connectivity index is 1.69. The van der Waals surface area contributed by atoms with E-state index in [0.29, 0.717) is 35.7 Å². The number of carbonyl (C=O) groups excluding carboxylic acids is 5. The largest absolute Gasteiger partial charge is 0.478 e. The molecule has 3 N–H and O–H groups in total. The third kappa shape index (κ3) is 21.9. The fourth-order valence-electron chi connectivity index (χ4n) is 5.33. The number of hydrogen-bond donors (Lipinski definition) is 3. The van der Waals surface area contributed by atoms with E-state index in [4.69, 9.17) is 25.8 Å². The number of esters is 2. The molecule has 0 aliphatic heterocycles. The Kier molecular flexibility index (Phi) is 24.8. The van der Waals surface area contributed by atoms with Crippen LogP contribution in [0.1, 0.15) is 95.0 Å². The molecule has 0 saturated carbocycles. The Morgan fingerprint density at radius 2 is 1.27 bits per heavy atom. The number of allylic oxidation sites excluding steroid dienone is 12. The Morgan fingerprint density at radius 1 is 0.733 bits per heavy atom. The monoisotopic (exact) mass is 843 g/mol. The zero-order valence-electron chi connectivity index (χ0n) is 35.6. The second-order valence-corrected chi connectivity index (χ2v) is 14.6. The maximum Gasteiger partial charge on any atom is 0.332 e. The van der Waals surface area contributed by atoms with Crippen molar-refractivity contribution in [2.45, 2.75) is 103 Å². The summed E-state index contributed by atoms with van der Waals surface area (Å²) in [5, 5.41) is 8.51. The van der Waals surface area contributed by atoms with Crippen molar-refractivity contribution in [2.24, 2.45) is 0 Å². The van der Waals surface area contributed by atoms with Crippen LogP contribution in [-0.4, -0.2) is 67.6 Å². The predicted molar refractivity (Wildman–Crippen MR) is 239 cm³/mol. The summed E-state index contributed by atoms with van der Waals surface area (Å²) in [4.78, 5) is 63.2. The zero-order chi connectivity index (χ0) is 44.0. The minimum Gasteiger partial charge on any atom is -0.478 e. The van der Waals surface area contributed by atoms with Crippen LogP contribution in [0.2, 0.25) is 5.02 Å². The molecule has 324 valence electrons. The lowest BCUT2D eigenvalue weighted by Gasteiger charge is -2.29. The molecule has 3 amide bonds. The number of halogens is 1. The maximum absolute atomic E-state index is 13.3. The van der Waals surface area contributed by atoms with Gasteiger partial charge >= 0.3 is 11.9 Å². The van der Waals surface area contributed by atoms with Crippen LogP contribution >= 0.6 is 11.6 Å². The molecular weight excluding hydrogens is 782 g/mol. The molecule has 2 unspecified atom stereocenters. The van der Waals surface area contributed by atoms with Crippen LogP contribution in [0, 0.1) is 0 Å². The highest BCUT2D eigenvalue weighted by molar-refractivity contribution is 6.30. The molecule has 0 aliphatic carbocycles. The molecule has 0 spiro atoms. The fraction of sp³-hybridized carbons (Fsp3) is 0.396. The summed E-state index contributed by atoms with van der Waals surface area (Å²) < 4.78 is 16.2.